The van der Waals surface area contributed by atoms with Crippen molar-refractivity contribution in [3.05, 3.63) is 82.4 Å². The summed E-state index contributed by atoms with van der Waals surface area (Å²) in [4.78, 5) is 15.0. The van der Waals surface area contributed by atoms with Crippen LogP contribution in [0.4, 0.5) is 11.4 Å². The number of sulfonamides is 1. The van der Waals surface area contributed by atoms with Crippen LogP contribution in [0.5, 0.6) is 5.75 Å². The number of nitrogens with one attached hydrogen (secondary N) is 1. The Labute approximate surface area is 217 Å². The summed E-state index contributed by atoms with van der Waals surface area (Å²) in [5.74, 6) is 0.332. The quantitative estimate of drug-likeness (QED) is 0.478. The lowest BCUT2D eigenvalue weighted by Crippen LogP contribution is -2.49. The third-order valence-electron chi connectivity index (χ3n) is 6.04. The minimum absolute atomic E-state index is 0.141. The summed E-state index contributed by atoms with van der Waals surface area (Å²) in [6.45, 7) is 7.24. The second-order valence-corrected chi connectivity index (χ2v) is 11.3. The molecule has 1 heterocycles. The van der Waals surface area contributed by atoms with Gasteiger partial charge in [-0.05, 0) is 68.3 Å². The minimum Gasteiger partial charge on any atom is -0.484 e. The van der Waals surface area contributed by atoms with Gasteiger partial charge in [-0.1, -0.05) is 41.4 Å². The molecule has 1 saturated heterocycles. The van der Waals surface area contributed by atoms with Crippen LogP contribution in [-0.2, 0) is 14.8 Å². The molecule has 9 heteroatoms. The van der Waals surface area contributed by atoms with Crippen molar-refractivity contribution in [2.24, 2.45) is 0 Å². The number of halogens is 1. The number of para-hydroxylation sites is 1. The van der Waals surface area contributed by atoms with Crippen molar-refractivity contribution in [2.45, 2.75) is 25.7 Å². The van der Waals surface area contributed by atoms with Gasteiger partial charge in [-0.15, -0.1) is 0 Å². The minimum atomic E-state index is -3.58. The predicted octanol–water partition coefficient (Wildman–Crippen LogP) is 4.79. The van der Waals surface area contributed by atoms with Crippen molar-refractivity contribution in [3.8, 4) is 5.75 Å². The van der Waals surface area contributed by atoms with Crippen molar-refractivity contribution < 1.29 is 17.9 Å². The first kappa shape index (κ1) is 26.0. The molecule has 1 amide bonds. The molecular weight excluding hydrogens is 498 g/mol. The van der Waals surface area contributed by atoms with Gasteiger partial charge in [0.2, 0.25) is 10.0 Å². The highest BCUT2D eigenvalue weighted by Gasteiger charge is 2.30. The summed E-state index contributed by atoms with van der Waals surface area (Å²) in [5, 5.41) is 3.38. The topological polar surface area (TPSA) is 79.0 Å². The van der Waals surface area contributed by atoms with Crippen LogP contribution in [0.2, 0.25) is 5.02 Å². The Balaban J connectivity index is 1.43. The normalized spacial score (nSPS) is 14.5. The van der Waals surface area contributed by atoms with E-state index in [0.29, 0.717) is 48.3 Å². The van der Waals surface area contributed by atoms with Gasteiger partial charge in [-0.2, -0.15) is 4.31 Å². The maximum absolute atomic E-state index is 13.1. The Morgan fingerprint density at radius 1 is 0.917 bits per heavy atom. The second-order valence-electron chi connectivity index (χ2n) is 9.00. The van der Waals surface area contributed by atoms with E-state index in [2.05, 4.69) is 5.32 Å². The summed E-state index contributed by atoms with van der Waals surface area (Å²) < 4.78 is 33.3. The molecule has 3 aromatic carbocycles. The molecule has 0 saturated carbocycles. The van der Waals surface area contributed by atoms with E-state index in [0.717, 1.165) is 16.7 Å². The van der Waals surface area contributed by atoms with Crippen molar-refractivity contribution in [1.29, 1.82) is 0 Å². The van der Waals surface area contributed by atoms with E-state index in [1.807, 2.05) is 43.9 Å². The van der Waals surface area contributed by atoms with Gasteiger partial charge in [0, 0.05) is 26.2 Å². The second kappa shape index (κ2) is 10.9. The molecule has 190 valence electrons. The molecule has 1 aliphatic heterocycles. The van der Waals surface area contributed by atoms with E-state index >= 15 is 0 Å². The molecule has 3 aromatic rings. The molecule has 7 nitrogen and oxygen atoms in total. The van der Waals surface area contributed by atoms with Crippen LogP contribution in [0.1, 0.15) is 16.7 Å². The van der Waals surface area contributed by atoms with E-state index in [1.165, 1.54) is 4.31 Å². The highest BCUT2D eigenvalue weighted by Crippen LogP contribution is 2.35. The number of hydrogen-bond acceptors (Lipinski definition) is 5. The smallest absolute Gasteiger partial charge is 0.262 e. The first-order valence-corrected chi connectivity index (χ1v) is 13.6. The largest absolute Gasteiger partial charge is 0.484 e. The third-order valence-corrected chi connectivity index (χ3v) is 8.26. The third kappa shape index (κ3) is 6.00. The molecular formula is C27H30ClN3O4S. The Morgan fingerprint density at radius 2 is 1.56 bits per heavy atom. The van der Waals surface area contributed by atoms with Crippen LogP contribution in [0.3, 0.4) is 0 Å². The average molecular weight is 528 g/mol. The number of benzene rings is 3. The van der Waals surface area contributed by atoms with Crippen LogP contribution in [0, 0.1) is 20.8 Å². The highest BCUT2D eigenvalue weighted by molar-refractivity contribution is 7.89. The molecule has 0 spiro atoms. The first-order chi connectivity index (χ1) is 17.1. The zero-order chi connectivity index (χ0) is 25.9. The van der Waals surface area contributed by atoms with E-state index in [9.17, 15) is 13.2 Å². The Hall–Kier alpha value is -3.07. The van der Waals surface area contributed by atoms with Crippen molar-refractivity contribution in [2.75, 3.05) is 43.0 Å². The van der Waals surface area contributed by atoms with Crippen LogP contribution < -0.4 is 15.0 Å². The van der Waals surface area contributed by atoms with Gasteiger partial charge in [0.15, 0.2) is 6.61 Å². The van der Waals surface area contributed by atoms with Gasteiger partial charge < -0.3 is 15.0 Å². The maximum atomic E-state index is 13.1. The molecule has 0 unspecified atom stereocenters. The lowest BCUT2D eigenvalue weighted by molar-refractivity contribution is -0.118. The zero-order valence-electron chi connectivity index (χ0n) is 20.6. The lowest BCUT2D eigenvalue weighted by atomic mass is 10.1. The fourth-order valence-electron chi connectivity index (χ4n) is 4.30. The predicted molar refractivity (Wildman–Crippen MR) is 144 cm³/mol. The van der Waals surface area contributed by atoms with Crippen molar-refractivity contribution >= 4 is 38.9 Å². The lowest BCUT2D eigenvalue weighted by Gasteiger charge is -2.36. The van der Waals surface area contributed by atoms with Crippen molar-refractivity contribution in [3.63, 3.8) is 0 Å². The number of carbonyl (C=O) groups is 1. The number of piperazine rings is 1. The highest BCUT2D eigenvalue weighted by atomic mass is 35.5. The monoisotopic (exact) mass is 527 g/mol. The molecule has 1 fully saturated rings. The average Bonchev–Trinajstić information content (AvgIpc) is 2.83. The van der Waals surface area contributed by atoms with Gasteiger partial charge in [-0.3, -0.25) is 4.79 Å². The summed E-state index contributed by atoms with van der Waals surface area (Å²) in [6, 6.07) is 18.0. The Bertz CT molecular complexity index is 1330. The maximum Gasteiger partial charge on any atom is 0.262 e. The van der Waals surface area contributed by atoms with E-state index < -0.39 is 10.0 Å². The van der Waals surface area contributed by atoms with Gasteiger partial charge in [0.25, 0.3) is 5.91 Å². The number of ether oxygens (including phenoxy) is 1. The molecule has 0 aliphatic carbocycles. The van der Waals surface area contributed by atoms with Crippen LogP contribution in [-0.4, -0.2) is 51.4 Å². The summed E-state index contributed by atoms with van der Waals surface area (Å²) in [6.07, 6.45) is 0. The van der Waals surface area contributed by atoms with Crippen LogP contribution >= 0.6 is 11.6 Å². The van der Waals surface area contributed by atoms with Gasteiger partial charge in [0.05, 0.1) is 21.3 Å². The Morgan fingerprint density at radius 3 is 2.19 bits per heavy atom. The Kier molecular flexibility index (Phi) is 7.88. The fourth-order valence-corrected chi connectivity index (χ4v) is 6.02. The van der Waals surface area contributed by atoms with Crippen molar-refractivity contribution in [1.82, 2.24) is 4.31 Å². The number of amides is 1. The van der Waals surface area contributed by atoms with E-state index in [-0.39, 0.29) is 17.4 Å². The number of aryl methyl sites for hydroxylation is 3. The molecule has 0 bridgehead atoms. The van der Waals surface area contributed by atoms with E-state index in [1.54, 1.807) is 42.5 Å². The number of anilines is 2. The van der Waals surface area contributed by atoms with Gasteiger partial charge in [0.1, 0.15) is 5.75 Å². The summed E-state index contributed by atoms with van der Waals surface area (Å²) in [5.41, 5.74) is 4.36. The van der Waals surface area contributed by atoms with Gasteiger partial charge >= 0.3 is 0 Å². The van der Waals surface area contributed by atoms with Crippen LogP contribution in [0.15, 0.2) is 65.6 Å². The molecule has 36 heavy (non-hydrogen) atoms. The number of nitrogens with zero attached hydrogens (tertiary/aromatic N) is 2. The number of hydrogen-bond donors (Lipinski definition) is 1. The first-order valence-electron chi connectivity index (χ1n) is 11.7. The molecule has 1 aliphatic rings. The molecule has 0 radical (unpaired) electrons. The van der Waals surface area contributed by atoms with E-state index in [4.69, 9.17) is 16.3 Å². The summed E-state index contributed by atoms with van der Waals surface area (Å²) >= 11 is 6.53. The molecule has 0 aromatic heterocycles. The number of carbonyl (C=O) groups excluding carboxylic acids is 1. The number of rotatable bonds is 7. The summed E-state index contributed by atoms with van der Waals surface area (Å²) in [7, 11) is -3.58. The standard InChI is InChI=1S/C27H30ClN3O4S/c1-19-7-9-23(10-8-19)36(33,34)31-13-11-30(12-14-31)27-24(28)5-4-6-25(27)29-26(32)18-35-22-16-20(2)15-21(3)17-22/h4-10,15-17H,11-14,18H2,1-3H3,(H,29,32). The SMILES string of the molecule is Cc1ccc(S(=O)(=O)N2CCN(c3c(Cl)cccc3NC(=O)COc3cc(C)cc(C)c3)CC2)cc1. The molecule has 1 N–H and O–H groups in total. The zero-order valence-corrected chi connectivity index (χ0v) is 22.2. The van der Waals surface area contributed by atoms with Crippen LogP contribution in [0.25, 0.3) is 0 Å². The fraction of sp³-hybridized carbons (Fsp3) is 0.296. The molecule has 4 rings (SSSR count). The molecule has 0 atom stereocenters. The van der Waals surface area contributed by atoms with Gasteiger partial charge in [-0.25, -0.2) is 8.42 Å².